The van der Waals surface area contributed by atoms with Gasteiger partial charge in [-0.25, -0.2) is 0 Å². The Morgan fingerprint density at radius 2 is 1.67 bits per heavy atom. The first kappa shape index (κ1) is 29.7. The van der Waals surface area contributed by atoms with E-state index in [1.165, 1.54) is 24.0 Å². The minimum Gasteiger partial charge on any atom is -0.504 e. The van der Waals surface area contributed by atoms with Gasteiger partial charge in [-0.15, -0.1) is 0 Å². The van der Waals surface area contributed by atoms with Gasteiger partial charge in [0.1, 0.15) is 5.60 Å². The van der Waals surface area contributed by atoms with Crippen molar-refractivity contribution in [3.63, 3.8) is 0 Å². The van der Waals surface area contributed by atoms with Gasteiger partial charge in [0.25, 0.3) is 0 Å². The summed E-state index contributed by atoms with van der Waals surface area (Å²) in [6.45, 7) is 3.12. The van der Waals surface area contributed by atoms with Crippen molar-refractivity contribution in [1.29, 1.82) is 0 Å². The Balaban J connectivity index is 1.24. The Hall–Kier alpha value is -3.19. The van der Waals surface area contributed by atoms with E-state index in [1.54, 1.807) is 0 Å². The molecule has 3 aliphatic carbocycles. The molecule has 1 saturated carbocycles. The fraction of sp³-hybridized carbons (Fsp3) is 0.350. The van der Waals surface area contributed by atoms with Crippen molar-refractivity contribution in [3.05, 3.63) is 127 Å². The van der Waals surface area contributed by atoms with Crippen LogP contribution in [0.25, 0.3) is 10.9 Å². The Morgan fingerprint density at radius 3 is 2.46 bits per heavy atom. The molecule has 3 heterocycles. The lowest BCUT2D eigenvalue weighted by atomic mass is 9.48. The van der Waals surface area contributed by atoms with Crippen LogP contribution >= 0.6 is 34.8 Å². The van der Waals surface area contributed by atoms with Crippen LogP contribution in [0.1, 0.15) is 58.9 Å². The lowest BCUT2D eigenvalue weighted by Gasteiger charge is -2.64. The van der Waals surface area contributed by atoms with E-state index in [1.807, 2.05) is 48.5 Å². The molecule has 2 fully saturated rings. The highest BCUT2D eigenvalue weighted by Gasteiger charge is 2.74. The Morgan fingerprint density at radius 1 is 0.896 bits per heavy atom. The van der Waals surface area contributed by atoms with E-state index in [9.17, 15) is 5.11 Å². The van der Waals surface area contributed by atoms with Gasteiger partial charge < -0.3 is 19.1 Å². The summed E-state index contributed by atoms with van der Waals surface area (Å²) in [6.07, 6.45) is 4.66. The smallest absolute Gasteiger partial charge is 0.166 e. The molecule has 48 heavy (non-hydrogen) atoms. The second-order valence-corrected chi connectivity index (χ2v) is 15.9. The number of likely N-dealkylation sites (tertiary alicyclic amines) is 1. The predicted molar refractivity (Wildman–Crippen MR) is 190 cm³/mol. The Bertz CT molecular complexity index is 2140. The number of hydrogen-bond donors (Lipinski definition) is 1. The molecule has 244 valence electrons. The maximum absolute atomic E-state index is 11.4. The number of hydrogen-bond acceptors (Lipinski definition) is 4. The molecule has 4 aromatic carbocycles. The van der Waals surface area contributed by atoms with Crippen LogP contribution in [0.5, 0.6) is 11.5 Å². The summed E-state index contributed by atoms with van der Waals surface area (Å²) >= 11 is 19.8. The number of aromatic nitrogens is 1. The normalized spacial score (nSPS) is 26.7. The number of phenols is 1. The van der Waals surface area contributed by atoms with Crippen LogP contribution in [0.3, 0.4) is 0 Å². The van der Waals surface area contributed by atoms with E-state index in [0.717, 1.165) is 65.1 Å². The second-order valence-electron chi connectivity index (χ2n) is 14.6. The van der Waals surface area contributed by atoms with Gasteiger partial charge in [-0.2, -0.15) is 0 Å². The summed E-state index contributed by atoms with van der Waals surface area (Å²) in [5.41, 5.74) is 6.92. The molecule has 4 atom stereocenters. The van der Waals surface area contributed by atoms with Gasteiger partial charge in [0.15, 0.2) is 17.6 Å². The first-order chi connectivity index (χ1) is 23.3. The minimum atomic E-state index is -0.621. The molecular weight excluding hydrogens is 663 g/mol. The topological polar surface area (TPSA) is 46.9 Å². The van der Waals surface area contributed by atoms with E-state index < -0.39 is 11.0 Å². The van der Waals surface area contributed by atoms with Crippen molar-refractivity contribution in [1.82, 2.24) is 9.47 Å². The van der Waals surface area contributed by atoms with Crippen LogP contribution in [0.4, 0.5) is 0 Å². The van der Waals surface area contributed by atoms with E-state index in [2.05, 4.69) is 39.8 Å². The van der Waals surface area contributed by atoms with Crippen molar-refractivity contribution in [3.8, 4) is 11.5 Å². The molecule has 0 radical (unpaired) electrons. The summed E-state index contributed by atoms with van der Waals surface area (Å²) in [5, 5.41) is 14.7. The largest absolute Gasteiger partial charge is 0.504 e. The third-order valence-corrected chi connectivity index (χ3v) is 12.7. The molecule has 0 unspecified atom stereocenters. The molecule has 1 aromatic heterocycles. The fourth-order valence-electron chi connectivity index (χ4n) is 9.89. The number of fused-ring (bicyclic) bond motifs is 4. The number of aromatic hydroxyl groups is 1. The zero-order valence-electron chi connectivity index (χ0n) is 26.4. The highest BCUT2D eigenvalue weighted by molar-refractivity contribution is 6.31. The van der Waals surface area contributed by atoms with Crippen molar-refractivity contribution < 1.29 is 14.6 Å². The molecule has 5 nitrogen and oxygen atoms in total. The van der Waals surface area contributed by atoms with Crippen LogP contribution in [-0.2, 0) is 36.1 Å². The minimum absolute atomic E-state index is 0.138. The van der Waals surface area contributed by atoms with Crippen LogP contribution in [0.2, 0.25) is 15.1 Å². The molecule has 5 aliphatic rings. The van der Waals surface area contributed by atoms with Gasteiger partial charge in [0.2, 0.25) is 0 Å². The number of phenolic OH excluding ortho intramolecular Hbond substituents is 1. The lowest BCUT2D eigenvalue weighted by molar-refractivity contribution is -0.211. The van der Waals surface area contributed by atoms with Gasteiger partial charge in [-0.1, -0.05) is 65.1 Å². The zero-order valence-corrected chi connectivity index (χ0v) is 28.7. The standard InChI is InChI=1S/C40H35Cl3N2O3/c41-27-5-1-3-24(15-27)21-45-32-11-10-29(43)18-30(32)31-19-40(47-22-25-4-2-6-28(42)16-25)34-17-26-9-12-33(46)37-35(26)39(40,38(48-37)36(31)45)13-14-44(34)20-23-7-8-23/h1-6,9-12,15-16,18,23,34,38,46H,7-8,13-14,17,19-22H2/t34-,38-,39-,40+/m0/s1. The number of piperidine rings is 1. The van der Waals surface area contributed by atoms with Crippen LogP contribution in [0.15, 0.2) is 78.9 Å². The molecule has 8 heteroatoms. The molecule has 0 amide bonds. The molecular formula is C40H35Cl3N2O3. The first-order valence-electron chi connectivity index (χ1n) is 17.0. The van der Waals surface area contributed by atoms with Crippen LogP contribution in [0, 0.1) is 5.92 Å². The first-order valence-corrected chi connectivity index (χ1v) is 18.2. The third kappa shape index (κ3) is 4.18. The average Bonchev–Trinajstić information content (AvgIpc) is 3.75. The summed E-state index contributed by atoms with van der Waals surface area (Å²) in [4.78, 5) is 2.73. The van der Waals surface area contributed by atoms with Crippen molar-refractivity contribution >= 4 is 45.7 Å². The van der Waals surface area contributed by atoms with Gasteiger partial charge in [-0.05, 0) is 109 Å². The van der Waals surface area contributed by atoms with Gasteiger partial charge in [-0.3, -0.25) is 4.90 Å². The van der Waals surface area contributed by atoms with Crippen LogP contribution in [-0.4, -0.2) is 39.3 Å². The molecule has 1 spiro atoms. The maximum Gasteiger partial charge on any atom is 0.166 e. The average molecular weight is 698 g/mol. The number of benzene rings is 4. The predicted octanol–water partition coefficient (Wildman–Crippen LogP) is 9.28. The Labute approximate surface area is 294 Å². The highest BCUT2D eigenvalue weighted by Crippen LogP contribution is 2.70. The zero-order chi connectivity index (χ0) is 32.4. The van der Waals surface area contributed by atoms with E-state index in [0.29, 0.717) is 40.4 Å². The second kappa shape index (κ2) is 10.7. The number of rotatable bonds is 7. The summed E-state index contributed by atoms with van der Waals surface area (Å²) in [5.74, 6) is 1.56. The fourth-order valence-corrected chi connectivity index (χ4v) is 10.5. The van der Waals surface area contributed by atoms with E-state index in [-0.39, 0.29) is 17.9 Å². The Kier molecular flexibility index (Phi) is 6.59. The van der Waals surface area contributed by atoms with Crippen LogP contribution < -0.4 is 4.74 Å². The number of ether oxygens (including phenoxy) is 2. The van der Waals surface area contributed by atoms with Gasteiger partial charge >= 0.3 is 0 Å². The van der Waals surface area contributed by atoms with Gasteiger partial charge in [0, 0.05) is 57.1 Å². The summed E-state index contributed by atoms with van der Waals surface area (Å²) < 4.78 is 17.1. The highest BCUT2D eigenvalue weighted by atomic mass is 35.5. The molecule has 10 rings (SSSR count). The third-order valence-electron chi connectivity index (χ3n) is 12.0. The molecule has 1 N–H and O–H groups in total. The monoisotopic (exact) mass is 696 g/mol. The molecule has 2 bridgehead atoms. The maximum atomic E-state index is 11.4. The number of nitrogens with zero attached hydrogens (tertiary/aromatic N) is 2. The van der Waals surface area contributed by atoms with Crippen molar-refractivity contribution in [2.75, 3.05) is 13.1 Å². The quantitative estimate of drug-likeness (QED) is 0.184. The van der Waals surface area contributed by atoms with E-state index >= 15 is 0 Å². The SMILES string of the molecule is Oc1ccc2c3c1O[C@H]1c4c(c5cc(Cl)ccc5n4Cc4cccc(Cl)c4)C[C@@]4(OCc5cccc(Cl)c5)[C@H](C2)N(CC2CC2)CC[C@]314. The summed E-state index contributed by atoms with van der Waals surface area (Å²) in [7, 11) is 0. The lowest BCUT2D eigenvalue weighted by Crippen LogP contribution is -2.75. The molecule has 1 saturated heterocycles. The van der Waals surface area contributed by atoms with Gasteiger partial charge in [0.05, 0.1) is 17.7 Å². The van der Waals surface area contributed by atoms with Crippen molar-refractivity contribution in [2.24, 2.45) is 5.92 Å². The molecule has 2 aliphatic heterocycles. The number of halogens is 3. The van der Waals surface area contributed by atoms with Crippen molar-refractivity contribution in [2.45, 2.75) is 68.4 Å². The van der Waals surface area contributed by atoms with E-state index in [4.69, 9.17) is 44.3 Å². The summed E-state index contributed by atoms with van der Waals surface area (Å²) in [6, 6.07) is 26.4. The molecule has 5 aromatic rings.